The van der Waals surface area contributed by atoms with Gasteiger partial charge in [-0.25, -0.2) is 0 Å². The Labute approximate surface area is 203 Å². The summed E-state index contributed by atoms with van der Waals surface area (Å²) < 4.78 is 3.92. The predicted octanol–water partition coefficient (Wildman–Crippen LogP) is 4.92. The van der Waals surface area contributed by atoms with Crippen molar-refractivity contribution in [1.82, 2.24) is 13.8 Å². The highest BCUT2D eigenvalue weighted by molar-refractivity contribution is 7.96. The van der Waals surface area contributed by atoms with Gasteiger partial charge in [-0.3, -0.25) is 18.8 Å². The van der Waals surface area contributed by atoms with Crippen LogP contribution in [-0.2, 0) is 0 Å². The number of pyridine rings is 1. The molecule has 184 valence electrons. The first-order valence-electron chi connectivity index (χ1n) is 12.2. The molecule has 2 atom stereocenters. The Morgan fingerprint density at radius 2 is 1.97 bits per heavy atom. The third kappa shape index (κ3) is 7.33. The van der Waals surface area contributed by atoms with E-state index < -0.39 is 5.91 Å². The van der Waals surface area contributed by atoms with Crippen molar-refractivity contribution in [2.24, 2.45) is 5.73 Å². The second kappa shape index (κ2) is 13.2. The van der Waals surface area contributed by atoms with Gasteiger partial charge in [0.15, 0.2) is 0 Å². The molecule has 6 nitrogen and oxygen atoms in total. The van der Waals surface area contributed by atoms with E-state index in [0.29, 0.717) is 0 Å². The number of carbonyl (C=O) groups excluding carboxylic acids is 1. The summed E-state index contributed by atoms with van der Waals surface area (Å²) in [7, 11) is 2.18. The van der Waals surface area contributed by atoms with Crippen LogP contribution in [0.25, 0.3) is 10.9 Å². The van der Waals surface area contributed by atoms with Crippen LogP contribution in [0, 0.1) is 0 Å². The molecular formula is C26H42N4O2S. The molecule has 1 unspecified atom stereocenters. The van der Waals surface area contributed by atoms with E-state index in [-0.39, 0.29) is 17.2 Å². The van der Waals surface area contributed by atoms with Gasteiger partial charge in [0.05, 0.1) is 5.52 Å². The number of piperidine rings is 1. The molecule has 1 saturated heterocycles. The first kappa shape index (κ1) is 27.4. The second-order valence-corrected chi connectivity index (χ2v) is 10.2. The van der Waals surface area contributed by atoms with Crippen LogP contribution in [0.4, 0.5) is 0 Å². The van der Waals surface area contributed by atoms with Gasteiger partial charge in [-0.2, -0.15) is 0 Å². The van der Waals surface area contributed by atoms with E-state index >= 15 is 0 Å². The van der Waals surface area contributed by atoms with Crippen LogP contribution in [0.5, 0.6) is 0 Å². The fourth-order valence-electron chi connectivity index (χ4n) is 4.72. The van der Waals surface area contributed by atoms with Gasteiger partial charge in [-0.15, -0.1) is 0 Å². The van der Waals surface area contributed by atoms with Crippen LogP contribution in [0.1, 0.15) is 76.2 Å². The highest BCUT2D eigenvalue weighted by Gasteiger charge is 2.25. The number of nitrogens with two attached hydrogens (primary N) is 1. The SMILES string of the molecule is CC(C)n1c(=O)c(C(N)=O)cc2ccccc21.CCC1CCC[C@@H](C)N1CCCN(C)SC. The third-order valence-corrected chi connectivity index (χ3v) is 7.40. The Balaban J connectivity index is 0.000000234. The van der Waals surface area contributed by atoms with Crippen molar-refractivity contribution < 1.29 is 4.79 Å². The number of benzene rings is 1. The fraction of sp³-hybridized carbons (Fsp3) is 0.615. The molecule has 2 heterocycles. The van der Waals surface area contributed by atoms with Crippen molar-refractivity contribution in [3.8, 4) is 0 Å². The normalized spacial score (nSPS) is 19.0. The summed E-state index contributed by atoms with van der Waals surface area (Å²) in [6, 6.07) is 10.6. The van der Waals surface area contributed by atoms with Crippen molar-refractivity contribution in [2.75, 3.05) is 26.4 Å². The highest BCUT2D eigenvalue weighted by Crippen LogP contribution is 2.25. The van der Waals surface area contributed by atoms with Crippen LogP contribution in [-0.4, -0.2) is 58.2 Å². The quantitative estimate of drug-likeness (QED) is 0.550. The summed E-state index contributed by atoms with van der Waals surface area (Å²) in [5, 5.41) is 0.842. The van der Waals surface area contributed by atoms with Crippen molar-refractivity contribution in [1.29, 1.82) is 0 Å². The van der Waals surface area contributed by atoms with E-state index in [9.17, 15) is 9.59 Å². The van der Waals surface area contributed by atoms with Crippen LogP contribution in [0.15, 0.2) is 35.1 Å². The number of hydrogen-bond donors (Lipinski definition) is 1. The van der Waals surface area contributed by atoms with Gasteiger partial charge in [-0.05, 0) is 83.8 Å². The number of nitrogens with zero attached hydrogens (tertiary/aromatic N) is 3. The Morgan fingerprint density at radius 3 is 2.58 bits per heavy atom. The topological polar surface area (TPSA) is 71.6 Å². The molecular weight excluding hydrogens is 432 g/mol. The number of amides is 1. The maximum absolute atomic E-state index is 12.1. The molecule has 0 bridgehead atoms. The van der Waals surface area contributed by atoms with E-state index in [1.807, 2.05) is 50.1 Å². The molecule has 2 N–H and O–H groups in total. The lowest BCUT2D eigenvalue weighted by Crippen LogP contribution is -2.45. The lowest BCUT2D eigenvalue weighted by molar-refractivity contribution is 0.0877. The molecule has 1 aliphatic heterocycles. The average Bonchev–Trinajstić information content (AvgIpc) is 2.79. The molecule has 0 radical (unpaired) electrons. The number of rotatable bonds is 8. The summed E-state index contributed by atoms with van der Waals surface area (Å²) in [5.41, 5.74) is 5.75. The minimum Gasteiger partial charge on any atom is -0.365 e. The Kier molecular flexibility index (Phi) is 10.9. The largest absolute Gasteiger partial charge is 0.365 e. The van der Waals surface area contributed by atoms with Gasteiger partial charge in [-0.1, -0.05) is 43.5 Å². The molecule has 0 aliphatic carbocycles. The molecule has 2 aromatic rings. The Morgan fingerprint density at radius 1 is 1.27 bits per heavy atom. The van der Waals surface area contributed by atoms with Gasteiger partial charge >= 0.3 is 0 Å². The second-order valence-electron chi connectivity index (χ2n) is 9.22. The van der Waals surface area contributed by atoms with E-state index in [2.05, 4.69) is 36.4 Å². The summed E-state index contributed by atoms with van der Waals surface area (Å²) in [5.74, 6) is -0.685. The van der Waals surface area contributed by atoms with E-state index in [1.165, 1.54) is 45.2 Å². The van der Waals surface area contributed by atoms with Gasteiger partial charge in [0, 0.05) is 24.7 Å². The summed E-state index contributed by atoms with van der Waals surface area (Å²) in [6.07, 6.45) is 9.02. The molecule has 1 amide bonds. The van der Waals surface area contributed by atoms with Gasteiger partial charge in [0.1, 0.15) is 5.56 Å². The van der Waals surface area contributed by atoms with E-state index in [1.54, 1.807) is 10.6 Å². The Hall–Kier alpha value is -1.83. The maximum Gasteiger partial charge on any atom is 0.264 e. The van der Waals surface area contributed by atoms with Crippen LogP contribution >= 0.6 is 11.9 Å². The minimum atomic E-state index is -0.685. The highest BCUT2D eigenvalue weighted by atomic mass is 32.2. The molecule has 1 aromatic heterocycles. The number of fused-ring (bicyclic) bond motifs is 1. The molecule has 33 heavy (non-hydrogen) atoms. The molecule has 1 aromatic carbocycles. The smallest absolute Gasteiger partial charge is 0.264 e. The number of para-hydroxylation sites is 1. The number of carbonyl (C=O) groups is 1. The van der Waals surface area contributed by atoms with Crippen LogP contribution < -0.4 is 11.3 Å². The van der Waals surface area contributed by atoms with Crippen molar-refractivity contribution in [3.05, 3.63) is 46.2 Å². The Bertz CT molecular complexity index is 959. The zero-order valence-electron chi connectivity index (χ0n) is 21.2. The van der Waals surface area contributed by atoms with Crippen LogP contribution in [0.2, 0.25) is 0 Å². The van der Waals surface area contributed by atoms with E-state index in [0.717, 1.165) is 23.0 Å². The molecule has 0 spiro atoms. The summed E-state index contributed by atoms with van der Waals surface area (Å²) in [4.78, 5) is 26.1. The van der Waals surface area contributed by atoms with E-state index in [4.69, 9.17) is 5.73 Å². The minimum absolute atomic E-state index is 0.0216. The van der Waals surface area contributed by atoms with Crippen molar-refractivity contribution in [2.45, 2.75) is 77.9 Å². The first-order chi connectivity index (χ1) is 15.7. The lowest BCUT2D eigenvalue weighted by atomic mass is 9.94. The zero-order chi connectivity index (χ0) is 24.5. The monoisotopic (exact) mass is 474 g/mol. The molecule has 7 heteroatoms. The number of hydrogen-bond acceptors (Lipinski definition) is 5. The molecule has 1 fully saturated rings. The number of likely N-dealkylation sites (tertiary alicyclic amines) is 1. The molecule has 0 saturated carbocycles. The number of aromatic nitrogens is 1. The van der Waals surface area contributed by atoms with Crippen molar-refractivity contribution in [3.63, 3.8) is 0 Å². The zero-order valence-corrected chi connectivity index (χ0v) is 22.0. The molecule has 3 rings (SSSR count). The standard InChI is InChI=1S/C13H14N2O2.C13H28N2S/c1-8(2)15-11-6-4-3-5-9(11)7-10(12(14)16)13(15)17;1-5-13-9-6-8-12(2)15(13)11-7-10-14(3)16-4/h3-8H,1-2H3,(H2,14,16);12-13H,5-11H2,1-4H3/t;12-,13?/m.1/s1. The lowest BCUT2D eigenvalue weighted by Gasteiger charge is -2.40. The summed E-state index contributed by atoms with van der Waals surface area (Å²) >= 11 is 1.83. The maximum atomic E-state index is 12.1. The average molecular weight is 475 g/mol. The van der Waals surface area contributed by atoms with Crippen LogP contribution in [0.3, 0.4) is 0 Å². The third-order valence-electron chi connectivity index (χ3n) is 6.59. The molecule has 1 aliphatic rings. The summed E-state index contributed by atoms with van der Waals surface area (Å²) in [6.45, 7) is 11.0. The van der Waals surface area contributed by atoms with Gasteiger partial charge in [0.25, 0.3) is 11.5 Å². The van der Waals surface area contributed by atoms with Gasteiger partial charge in [0.2, 0.25) is 0 Å². The fourth-order valence-corrected chi connectivity index (χ4v) is 5.04. The van der Waals surface area contributed by atoms with Crippen molar-refractivity contribution >= 4 is 28.8 Å². The van der Waals surface area contributed by atoms with Gasteiger partial charge < -0.3 is 10.3 Å². The first-order valence-corrected chi connectivity index (χ1v) is 13.3. The number of primary amides is 1. The predicted molar refractivity (Wildman–Crippen MR) is 142 cm³/mol.